The van der Waals surface area contributed by atoms with Crippen molar-refractivity contribution < 1.29 is 9.53 Å². The molecule has 0 rings (SSSR count). The van der Waals surface area contributed by atoms with Gasteiger partial charge in [-0.2, -0.15) is 0 Å². The van der Waals surface area contributed by atoms with Crippen LogP contribution in [0.2, 0.25) is 0 Å². The maximum absolute atomic E-state index is 9.60. The highest BCUT2D eigenvalue weighted by Crippen LogP contribution is 2.02. The van der Waals surface area contributed by atoms with E-state index in [0.29, 0.717) is 6.47 Å². The normalized spacial score (nSPS) is 9.00. The second kappa shape index (κ2) is 5.56. The van der Waals surface area contributed by atoms with Crippen LogP contribution >= 0.6 is 0 Å². The Kier molecular flexibility index (Phi) is 6.96. The van der Waals surface area contributed by atoms with E-state index in [4.69, 9.17) is 0 Å². The van der Waals surface area contributed by atoms with Gasteiger partial charge < -0.3 is 10.5 Å². The fourth-order valence-corrected chi connectivity index (χ4v) is 0.144. The molecule has 0 atom stereocenters. The lowest BCUT2D eigenvalue weighted by atomic mass is 10.2. The standard InChI is InChI=1S/C5H10O2.CH5N/c1-5(2,3)7-4-6;1-2/h4H,1-3H3;2H2,1H3. The van der Waals surface area contributed by atoms with Crippen LogP contribution in [-0.2, 0) is 9.53 Å². The van der Waals surface area contributed by atoms with Crippen molar-refractivity contribution in [2.45, 2.75) is 26.4 Å². The van der Waals surface area contributed by atoms with E-state index in [0.717, 1.165) is 0 Å². The number of hydrogen-bond acceptors (Lipinski definition) is 3. The van der Waals surface area contributed by atoms with Crippen LogP contribution in [0.5, 0.6) is 0 Å². The average molecular weight is 133 g/mol. The average Bonchev–Trinajstić information content (AvgIpc) is 1.69. The summed E-state index contributed by atoms with van der Waals surface area (Å²) in [5.41, 5.74) is 4.18. The van der Waals surface area contributed by atoms with Crippen LogP contribution in [-0.4, -0.2) is 19.1 Å². The molecule has 0 aromatic rings. The Morgan fingerprint density at radius 1 is 1.33 bits per heavy atom. The van der Waals surface area contributed by atoms with Gasteiger partial charge in [-0.15, -0.1) is 0 Å². The van der Waals surface area contributed by atoms with Gasteiger partial charge in [0.25, 0.3) is 6.47 Å². The first-order chi connectivity index (χ1) is 4.06. The molecule has 0 saturated carbocycles. The van der Waals surface area contributed by atoms with Crippen LogP contribution in [0, 0.1) is 0 Å². The highest BCUT2D eigenvalue weighted by Gasteiger charge is 2.07. The Hall–Kier alpha value is -0.570. The Morgan fingerprint density at radius 2 is 1.67 bits per heavy atom. The molecule has 0 amide bonds. The maximum atomic E-state index is 9.60. The van der Waals surface area contributed by atoms with Crippen LogP contribution in [0.4, 0.5) is 0 Å². The predicted molar refractivity (Wildman–Crippen MR) is 37.0 cm³/mol. The van der Waals surface area contributed by atoms with E-state index in [1.165, 1.54) is 7.05 Å². The molecule has 0 heterocycles. The molecule has 0 aromatic heterocycles. The van der Waals surface area contributed by atoms with Crippen molar-refractivity contribution in [3.8, 4) is 0 Å². The van der Waals surface area contributed by atoms with Crippen LogP contribution < -0.4 is 5.73 Å². The summed E-state index contributed by atoms with van der Waals surface area (Å²) in [4.78, 5) is 9.60. The van der Waals surface area contributed by atoms with Crippen LogP contribution in [0.1, 0.15) is 20.8 Å². The lowest BCUT2D eigenvalue weighted by molar-refractivity contribution is -0.138. The molecular weight excluding hydrogens is 118 g/mol. The Labute approximate surface area is 56.2 Å². The smallest absolute Gasteiger partial charge is 0.293 e. The van der Waals surface area contributed by atoms with Gasteiger partial charge in [0.15, 0.2) is 0 Å². The summed E-state index contributed by atoms with van der Waals surface area (Å²) < 4.78 is 4.55. The summed E-state index contributed by atoms with van der Waals surface area (Å²) in [6.45, 7) is 5.92. The molecule has 2 N–H and O–H groups in total. The molecule has 0 spiro atoms. The third-order valence-electron chi connectivity index (χ3n) is 0.402. The van der Waals surface area contributed by atoms with Crippen LogP contribution in [0.15, 0.2) is 0 Å². The van der Waals surface area contributed by atoms with Gasteiger partial charge in [-0.25, -0.2) is 0 Å². The van der Waals surface area contributed by atoms with Crippen molar-refractivity contribution in [1.82, 2.24) is 0 Å². The molecule has 56 valence electrons. The number of carbonyl (C=O) groups excluding carboxylic acids is 1. The zero-order chi connectivity index (χ0) is 7.91. The number of rotatable bonds is 1. The zero-order valence-electron chi connectivity index (χ0n) is 6.47. The van der Waals surface area contributed by atoms with Crippen molar-refractivity contribution in [2.24, 2.45) is 5.73 Å². The first-order valence-corrected chi connectivity index (χ1v) is 2.75. The van der Waals surface area contributed by atoms with E-state index in [9.17, 15) is 4.79 Å². The van der Waals surface area contributed by atoms with Crippen molar-refractivity contribution in [3.63, 3.8) is 0 Å². The summed E-state index contributed by atoms with van der Waals surface area (Å²) in [7, 11) is 1.50. The highest BCUT2D eigenvalue weighted by molar-refractivity contribution is 5.37. The minimum atomic E-state index is -0.318. The van der Waals surface area contributed by atoms with Crippen LogP contribution in [0.25, 0.3) is 0 Å². The van der Waals surface area contributed by atoms with Crippen molar-refractivity contribution in [3.05, 3.63) is 0 Å². The third-order valence-corrected chi connectivity index (χ3v) is 0.402. The summed E-state index contributed by atoms with van der Waals surface area (Å²) in [6, 6.07) is 0. The summed E-state index contributed by atoms with van der Waals surface area (Å²) >= 11 is 0. The van der Waals surface area contributed by atoms with E-state index >= 15 is 0 Å². The molecule has 0 fully saturated rings. The van der Waals surface area contributed by atoms with Gasteiger partial charge in [0, 0.05) is 0 Å². The Bertz CT molecular complexity index is 65.9. The van der Waals surface area contributed by atoms with Crippen molar-refractivity contribution in [2.75, 3.05) is 7.05 Å². The van der Waals surface area contributed by atoms with E-state index in [1.54, 1.807) is 0 Å². The predicted octanol–water partition coefficient (Wildman–Crippen LogP) is 0.533. The number of carbonyl (C=O) groups is 1. The number of nitrogens with two attached hydrogens (primary N) is 1. The first-order valence-electron chi connectivity index (χ1n) is 2.75. The van der Waals surface area contributed by atoms with Crippen molar-refractivity contribution >= 4 is 6.47 Å². The lowest BCUT2D eigenvalue weighted by Crippen LogP contribution is -2.17. The Balaban J connectivity index is 0. The monoisotopic (exact) mass is 133 g/mol. The van der Waals surface area contributed by atoms with Crippen LogP contribution in [0.3, 0.4) is 0 Å². The minimum absolute atomic E-state index is 0.318. The zero-order valence-corrected chi connectivity index (χ0v) is 6.47. The second-order valence-corrected chi connectivity index (χ2v) is 2.33. The van der Waals surface area contributed by atoms with Gasteiger partial charge in [0.1, 0.15) is 5.60 Å². The van der Waals surface area contributed by atoms with E-state index in [-0.39, 0.29) is 5.60 Å². The molecule has 0 radical (unpaired) electrons. The fourth-order valence-electron chi connectivity index (χ4n) is 0.144. The third kappa shape index (κ3) is 18.6. The van der Waals surface area contributed by atoms with E-state index in [2.05, 4.69) is 10.5 Å². The van der Waals surface area contributed by atoms with Gasteiger partial charge in [0.2, 0.25) is 0 Å². The van der Waals surface area contributed by atoms with Gasteiger partial charge in [-0.3, -0.25) is 4.79 Å². The minimum Gasteiger partial charge on any atom is -0.462 e. The lowest BCUT2D eigenvalue weighted by Gasteiger charge is -2.14. The molecule has 3 heteroatoms. The Morgan fingerprint density at radius 3 is 1.67 bits per heavy atom. The topological polar surface area (TPSA) is 52.3 Å². The SMILES string of the molecule is CC(C)(C)OC=O.CN. The highest BCUT2D eigenvalue weighted by atomic mass is 16.5. The molecule has 0 aliphatic heterocycles. The summed E-state index contributed by atoms with van der Waals surface area (Å²) in [6.07, 6.45) is 0. The van der Waals surface area contributed by atoms with Gasteiger partial charge in [-0.05, 0) is 27.8 Å². The molecule has 0 bridgehead atoms. The molecule has 3 nitrogen and oxygen atoms in total. The quantitative estimate of drug-likeness (QED) is 0.531. The molecule has 0 aromatic carbocycles. The van der Waals surface area contributed by atoms with Gasteiger partial charge in [-0.1, -0.05) is 0 Å². The summed E-state index contributed by atoms with van der Waals surface area (Å²) in [5.74, 6) is 0. The number of hydrogen-bond donors (Lipinski definition) is 1. The largest absolute Gasteiger partial charge is 0.462 e. The summed E-state index contributed by atoms with van der Waals surface area (Å²) in [5, 5.41) is 0. The molecule has 0 aliphatic rings. The molecule has 0 saturated heterocycles. The van der Waals surface area contributed by atoms with Crippen molar-refractivity contribution in [1.29, 1.82) is 0 Å². The molecule has 0 aliphatic carbocycles. The molecule has 9 heavy (non-hydrogen) atoms. The molecular formula is C6H15NO2. The first kappa shape index (κ1) is 11.3. The second-order valence-electron chi connectivity index (χ2n) is 2.33. The molecule has 0 unspecified atom stereocenters. The van der Waals surface area contributed by atoms with E-state index < -0.39 is 0 Å². The van der Waals surface area contributed by atoms with E-state index in [1.807, 2.05) is 20.8 Å². The maximum Gasteiger partial charge on any atom is 0.293 e. The fraction of sp³-hybridized carbons (Fsp3) is 0.833. The van der Waals surface area contributed by atoms with Gasteiger partial charge >= 0.3 is 0 Å². The number of ether oxygens (including phenoxy) is 1. The van der Waals surface area contributed by atoms with Gasteiger partial charge in [0.05, 0.1) is 0 Å².